The second-order valence-electron chi connectivity index (χ2n) is 10.4. The summed E-state index contributed by atoms with van der Waals surface area (Å²) in [6.07, 6.45) is 3.44. The number of amides is 1. The van der Waals surface area contributed by atoms with Crippen molar-refractivity contribution in [3.05, 3.63) is 66.4 Å². The zero-order valence-corrected chi connectivity index (χ0v) is 24.8. The Morgan fingerprint density at radius 1 is 1.07 bits per heavy atom. The van der Waals surface area contributed by atoms with E-state index in [2.05, 4.69) is 47.8 Å². The molecule has 0 radical (unpaired) electrons. The lowest BCUT2D eigenvalue weighted by Crippen LogP contribution is -2.43. The number of rotatable bonds is 9. The van der Waals surface area contributed by atoms with Gasteiger partial charge < -0.3 is 16.0 Å². The fourth-order valence-corrected chi connectivity index (χ4v) is 5.12. The third-order valence-electron chi connectivity index (χ3n) is 7.33. The normalized spacial score (nSPS) is 15.0. The quantitative estimate of drug-likeness (QED) is 0.249. The van der Waals surface area contributed by atoms with Gasteiger partial charge in [-0.25, -0.2) is 19.9 Å². The first kappa shape index (κ1) is 31.9. The van der Waals surface area contributed by atoms with Crippen molar-refractivity contribution in [3.63, 3.8) is 0 Å². The van der Waals surface area contributed by atoms with Crippen LogP contribution < -0.4 is 16.0 Å². The lowest BCUT2D eigenvalue weighted by Gasteiger charge is -2.32. The number of likely N-dealkylation sites (tertiary alicyclic amines) is 1. The van der Waals surface area contributed by atoms with Crippen molar-refractivity contribution in [1.29, 1.82) is 0 Å². The van der Waals surface area contributed by atoms with Gasteiger partial charge in [0.1, 0.15) is 12.1 Å². The molecule has 1 atom stereocenters. The van der Waals surface area contributed by atoms with Gasteiger partial charge in [0.05, 0.1) is 23.3 Å². The first-order valence-corrected chi connectivity index (χ1v) is 13.7. The molecule has 228 valence electrons. The molecule has 1 amide bonds. The van der Waals surface area contributed by atoms with Gasteiger partial charge in [-0.1, -0.05) is 25.1 Å². The number of para-hydroxylation sites is 1. The van der Waals surface area contributed by atoms with Crippen LogP contribution in [0.25, 0.3) is 22.2 Å². The maximum atomic E-state index is 12.6. The molecule has 4 heterocycles. The Labute approximate surface area is 254 Å². The lowest BCUT2D eigenvalue weighted by molar-refractivity contribution is -0.147. The van der Waals surface area contributed by atoms with Gasteiger partial charge in [0.15, 0.2) is 0 Å². The molecule has 0 spiro atoms. The number of hydrogen-bond donors (Lipinski definition) is 3. The molecule has 3 N–H and O–H groups in total. The summed E-state index contributed by atoms with van der Waals surface area (Å²) in [6.45, 7) is 2.53. The van der Waals surface area contributed by atoms with E-state index in [0.29, 0.717) is 61.1 Å². The SMILES string of the molecule is CNC(=O)c1ccnc2c([C@H](C)CNc3cc(-c4cnc(NC5CCN(CC(F)(F)F)CC5)nc4)ncn3)cccc12.S. The average Bonchev–Trinajstić information content (AvgIpc) is 2.99. The molecule has 0 unspecified atom stereocenters. The summed E-state index contributed by atoms with van der Waals surface area (Å²) >= 11 is 0. The Morgan fingerprint density at radius 3 is 2.51 bits per heavy atom. The molecule has 14 heteroatoms. The van der Waals surface area contributed by atoms with Gasteiger partial charge in [-0.15, -0.1) is 0 Å². The van der Waals surface area contributed by atoms with Crippen molar-refractivity contribution < 1.29 is 18.0 Å². The Hall–Kier alpha value is -4.04. The van der Waals surface area contributed by atoms with Crippen LogP contribution in [0.5, 0.6) is 0 Å². The smallest absolute Gasteiger partial charge is 0.369 e. The number of pyridine rings is 1. The van der Waals surface area contributed by atoms with E-state index >= 15 is 0 Å². The van der Waals surface area contributed by atoms with Crippen LogP contribution in [0, 0.1) is 0 Å². The first-order chi connectivity index (χ1) is 20.2. The second kappa shape index (κ2) is 14.0. The zero-order chi connectivity index (χ0) is 29.7. The van der Waals surface area contributed by atoms with Crippen molar-refractivity contribution >= 4 is 42.1 Å². The maximum absolute atomic E-state index is 12.6. The summed E-state index contributed by atoms with van der Waals surface area (Å²) in [5.41, 5.74) is 3.74. The summed E-state index contributed by atoms with van der Waals surface area (Å²) in [7, 11) is 1.61. The number of nitrogens with one attached hydrogen (secondary N) is 3. The Kier molecular flexibility index (Phi) is 10.3. The number of halogens is 3. The third kappa shape index (κ3) is 8.08. The Balaban J connectivity index is 0.00000423. The van der Waals surface area contributed by atoms with Crippen LogP contribution in [-0.4, -0.2) is 81.2 Å². The van der Waals surface area contributed by atoms with E-state index in [1.165, 1.54) is 11.2 Å². The highest BCUT2D eigenvalue weighted by Gasteiger charge is 2.32. The fraction of sp³-hybridized carbons (Fsp3) is 0.379. The fourth-order valence-electron chi connectivity index (χ4n) is 5.12. The van der Waals surface area contributed by atoms with E-state index in [4.69, 9.17) is 0 Å². The van der Waals surface area contributed by atoms with Crippen molar-refractivity contribution in [3.8, 4) is 11.3 Å². The van der Waals surface area contributed by atoms with Crippen LogP contribution in [0.1, 0.15) is 41.6 Å². The van der Waals surface area contributed by atoms with Crippen molar-refractivity contribution in [2.75, 3.05) is 43.9 Å². The molecule has 1 aliphatic heterocycles. The van der Waals surface area contributed by atoms with Crippen LogP contribution in [-0.2, 0) is 0 Å². The standard InChI is InChI=1S/C29H32F3N9O.H2S/c1-18(21-4-3-5-22-23(27(42)33-2)6-9-34-26(21)22)13-35-25-12-24(38-17-39-25)19-14-36-28(37-15-19)40-20-7-10-41(11-8-20)16-29(30,31)32;/h3-6,9,12,14-15,17-18,20H,7-8,10-11,13,16H2,1-2H3,(H,33,42)(H,35,38,39)(H,36,37,40);1H2/t18-;/m1./s1. The van der Waals surface area contributed by atoms with Crippen LogP contribution in [0.2, 0.25) is 0 Å². The number of hydrogen-bond acceptors (Lipinski definition) is 9. The molecule has 10 nitrogen and oxygen atoms in total. The van der Waals surface area contributed by atoms with E-state index in [1.54, 1.807) is 31.7 Å². The molecular weight excluding hydrogens is 579 g/mol. The van der Waals surface area contributed by atoms with Crippen molar-refractivity contribution in [2.24, 2.45) is 0 Å². The minimum Gasteiger partial charge on any atom is -0.369 e. The number of carbonyl (C=O) groups excluding carboxylic acids is 1. The highest BCUT2D eigenvalue weighted by atomic mass is 32.1. The number of anilines is 2. The summed E-state index contributed by atoms with van der Waals surface area (Å²) < 4.78 is 37.9. The minimum absolute atomic E-state index is 0. The van der Waals surface area contributed by atoms with E-state index in [9.17, 15) is 18.0 Å². The molecule has 1 aliphatic rings. The molecule has 5 rings (SSSR count). The van der Waals surface area contributed by atoms with Gasteiger partial charge in [0, 0.05) is 74.2 Å². The summed E-state index contributed by atoms with van der Waals surface area (Å²) in [6, 6.07) is 9.40. The van der Waals surface area contributed by atoms with Gasteiger partial charge in [-0.3, -0.25) is 14.7 Å². The summed E-state index contributed by atoms with van der Waals surface area (Å²) in [4.78, 5) is 35.8. The van der Waals surface area contributed by atoms with E-state index in [-0.39, 0.29) is 31.4 Å². The molecule has 0 saturated carbocycles. The van der Waals surface area contributed by atoms with Crippen molar-refractivity contribution in [2.45, 2.75) is 37.9 Å². The van der Waals surface area contributed by atoms with E-state index < -0.39 is 12.7 Å². The summed E-state index contributed by atoms with van der Waals surface area (Å²) in [5.74, 6) is 0.974. The Bertz CT molecular complexity index is 1530. The molecular formula is C29H34F3N9OS. The predicted octanol–water partition coefficient (Wildman–Crippen LogP) is 4.61. The molecule has 4 aromatic rings. The van der Waals surface area contributed by atoms with Crippen molar-refractivity contribution in [1.82, 2.24) is 35.1 Å². The predicted molar refractivity (Wildman–Crippen MR) is 165 cm³/mol. The van der Waals surface area contributed by atoms with Crippen LogP contribution in [0.15, 0.2) is 55.2 Å². The second-order valence-corrected chi connectivity index (χ2v) is 10.4. The maximum Gasteiger partial charge on any atom is 0.401 e. The summed E-state index contributed by atoms with van der Waals surface area (Å²) in [5, 5.41) is 10.1. The molecule has 1 saturated heterocycles. The molecule has 1 aromatic carbocycles. The minimum atomic E-state index is -4.18. The van der Waals surface area contributed by atoms with Crippen LogP contribution in [0.3, 0.4) is 0 Å². The topological polar surface area (TPSA) is 121 Å². The van der Waals surface area contributed by atoms with Gasteiger partial charge in [-0.05, 0) is 24.5 Å². The number of piperidine rings is 1. The number of nitrogens with zero attached hydrogens (tertiary/aromatic N) is 6. The number of alkyl halides is 3. The van der Waals surface area contributed by atoms with E-state index in [1.807, 2.05) is 24.3 Å². The lowest BCUT2D eigenvalue weighted by atomic mass is 9.96. The molecule has 43 heavy (non-hydrogen) atoms. The molecule has 0 aliphatic carbocycles. The largest absolute Gasteiger partial charge is 0.401 e. The van der Waals surface area contributed by atoms with Gasteiger partial charge in [0.25, 0.3) is 5.91 Å². The number of fused-ring (bicyclic) bond motifs is 1. The van der Waals surface area contributed by atoms with E-state index in [0.717, 1.165) is 16.5 Å². The number of benzene rings is 1. The molecule has 0 bridgehead atoms. The molecule has 3 aromatic heterocycles. The first-order valence-electron chi connectivity index (χ1n) is 13.7. The zero-order valence-electron chi connectivity index (χ0n) is 23.8. The van der Waals surface area contributed by atoms with Crippen LogP contribution in [0.4, 0.5) is 24.9 Å². The third-order valence-corrected chi connectivity index (χ3v) is 7.33. The average molecular weight is 614 g/mol. The highest BCUT2D eigenvalue weighted by Crippen LogP contribution is 2.27. The van der Waals surface area contributed by atoms with Gasteiger partial charge >= 0.3 is 6.18 Å². The number of aromatic nitrogens is 5. The Morgan fingerprint density at radius 2 is 1.81 bits per heavy atom. The highest BCUT2D eigenvalue weighted by molar-refractivity contribution is 7.59. The number of carbonyl (C=O) groups is 1. The van der Waals surface area contributed by atoms with Crippen LogP contribution >= 0.6 is 13.5 Å². The van der Waals surface area contributed by atoms with Gasteiger partial charge in [0.2, 0.25) is 5.95 Å². The van der Waals surface area contributed by atoms with Gasteiger partial charge in [-0.2, -0.15) is 26.7 Å². The molecule has 1 fully saturated rings. The monoisotopic (exact) mass is 613 g/mol.